The highest BCUT2D eigenvalue weighted by Crippen LogP contribution is 2.31. The number of hydrazone groups is 5. The van der Waals surface area contributed by atoms with E-state index in [4.69, 9.17) is 81.1 Å². The van der Waals surface area contributed by atoms with Crippen molar-refractivity contribution in [1.29, 1.82) is 0 Å². The third-order valence-electron chi connectivity index (χ3n) is 12.8. The van der Waals surface area contributed by atoms with E-state index < -0.39 is 6.35 Å². The summed E-state index contributed by atoms with van der Waals surface area (Å²) in [5, 5.41) is 37.0. The van der Waals surface area contributed by atoms with Gasteiger partial charge in [0.25, 0.3) is 12.8 Å². The molecular formula is C51H70N22O2S8-6. The minimum atomic E-state index is -0.486. The first kappa shape index (κ1) is 67.3. The van der Waals surface area contributed by atoms with Gasteiger partial charge in [-0.15, -0.1) is 11.8 Å². The van der Waals surface area contributed by atoms with Crippen LogP contribution in [0.15, 0.2) is 122 Å². The third kappa shape index (κ3) is 19.3. The van der Waals surface area contributed by atoms with Crippen molar-refractivity contribution >= 4 is 138 Å². The topological polar surface area (TPSA) is 219 Å². The van der Waals surface area contributed by atoms with Crippen LogP contribution >= 0.6 is 24.0 Å². The molecule has 0 bridgehead atoms. The molecule has 6 aliphatic heterocycles. The largest absolute Gasteiger partial charge is 0.741 e. The lowest BCUT2D eigenvalue weighted by Crippen LogP contribution is -2.46. The first-order valence-corrected chi connectivity index (χ1v) is 29.7. The number of anilines is 1. The van der Waals surface area contributed by atoms with Crippen LogP contribution in [0.1, 0.15) is 39.4 Å². The second kappa shape index (κ2) is 32.5. The molecule has 11 rings (SSSR count). The Morgan fingerprint density at radius 2 is 1.19 bits per heavy atom. The van der Waals surface area contributed by atoms with Crippen molar-refractivity contribution in [1.82, 2.24) is 74.4 Å². The number of benzene rings is 3. The Bertz CT molecular complexity index is 2970. The van der Waals surface area contributed by atoms with Gasteiger partial charge in [0.05, 0.1) is 5.37 Å². The van der Waals surface area contributed by atoms with Gasteiger partial charge >= 0.3 is 0 Å². The van der Waals surface area contributed by atoms with Gasteiger partial charge in [-0.05, 0) is 70.6 Å². The van der Waals surface area contributed by atoms with Gasteiger partial charge < -0.3 is 110 Å². The van der Waals surface area contributed by atoms with Crippen LogP contribution in [0.2, 0.25) is 0 Å². The van der Waals surface area contributed by atoms with Crippen LogP contribution in [-0.4, -0.2) is 205 Å². The number of nitrogens with zero attached hydrogens (tertiary/aromatic N) is 20. The van der Waals surface area contributed by atoms with E-state index in [2.05, 4.69) is 86.7 Å². The molecule has 1 fully saturated rings. The normalized spacial score (nSPS) is 20.3. The molecule has 83 heavy (non-hydrogen) atoms. The molecular weight excluding hydrogens is 1210 g/mol. The maximum Gasteiger partial charge on any atom is 0.296 e. The molecule has 450 valence electrons. The number of hydrogen-bond donors (Lipinski definition) is 2. The molecule has 3 N–H and O–H groups in total. The summed E-state index contributed by atoms with van der Waals surface area (Å²) in [7, 11) is 14.8. The number of aromatic amines is 1. The number of aryl methyl sites for hydroxylation is 2. The molecule has 0 aliphatic carbocycles. The molecule has 3 aromatic carbocycles. The van der Waals surface area contributed by atoms with Gasteiger partial charge in [-0.3, -0.25) is 35.2 Å². The van der Waals surface area contributed by atoms with Gasteiger partial charge in [0, 0.05) is 111 Å². The van der Waals surface area contributed by atoms with E-state index in [0.29, 0.717) is 48.6 Å². The Balaban J connectivity index is 0.000000181. The highest BCUT2D eigenvalue weighted by atomic mass is 32.2. The van der Waals surface area contributed by atoms with Crippen molar-refractivity contribution in [3.63, 3.8) is 0 Å². The third-order valence-corrected chi connectivity index (χ3v) is 16.2. The predicted molar refractivity (Wildman–Crippen MR) is 349 cm³/mol. The summed E-state index contributed by atoms with van der Waals surface area (Å²) in [5.41, 5.74) is 8.78. The number of thioether (sulfide) groups is 1. The van der Waals surface area contributed by atoms with Crippen molar-refractivity contribution in [2.45, 2.75) is 76.0 Å². The lowest BCUT2D eigenvalue weighted by Gasteiger charge is -2.29. The zero-order valence-electron chi connectivity index (χ0n) is 48.3. The van der Waals surface area contributed by atoms with Crippen molar-refractivity contribution in [2.75, 3.05) is 73.2 Å². The fourth-order valence-electron chi connectivity index (χ4n) is 7.75. The molecule has 2 aromatic heterocycles. The van der Waals surface area contributed by atoms with Crippen molar-refractivity contribution in [3.8, 4) is 22.8 Å². The maximum absolute atomic E-state index is 10.00. The number of aromatic nitrogens is 6. The Morgan fingerprint density at radius 1 is 0.675 bits per heavy atom. The summed E-state index contributed by atoms with van der Waals surface area (Å²) in [5.74, 6) is 3.60. The minimum absolute atomic E-state index is 0.169. The second-order valence-corrected chi connectivity index (χ2v) is 22.4. The molecule has 0 saturated carbocycles. The number of nitrogens with two attached hydrogens (primary N) is 1. The van der Waals surface area contributed by atoms with E-state index >= 15 is 0 Å². The summed E-state index contributed by atoms with van der Waals surface area (Å²) >= 11 is 36.8. The molecule has 5 aromatic rings. The lowest BCUT2D eigenvalue weighted by molar-refractivity contribution is -0.150. The number of para-hydroxylation sites is 1. The maximum atomic E-state index is 10.00. The highest BCUT2D eigenvalue weighted by molar-refractivity contribution is 8.00. The summed E-state index contributed by atoms with van der Waals surface area (Å²) in [6.07, 6.45) is 2.44. The van der Waals surface area contributed by atoms with E-state index in [1.54, 1.807) is 28.7 Å². The molecule has 5 atom stereocenters. The number of carbonyl (C=O) groups is 1. The summed E-state index contributed by atoms with van der Waals surface area (Å²) in [6.45, 7) is 10.1. The number of carbonyl (C=O) groups excluding carboxylic acids is 1. The molecule has 5 unspecified atom stereocenters. The average Bonchev–Trinajstić information content (AvgIpc) is 4.43. The van der Waals surface area contributed by atoms with Crippen LogP contribution in [0.3, 0.4) is 0 Å². The monoisotopic (exact) mass is 1280 g/mol. The molecule has 0 amide bonds. The molecule has 0 spiro atoms. The van der Waals surface area contributed by atoms with Crippen molar-refractivity contribution < 1.29 is 9.53 Å². The van der Waals surface area contributed by atoms with Crippen LogP contribution in [0.25, 0.3) is 22.8 Å². The van der Waals surface area contributed by atoms with Gasteiger partial charge in [-0.25, -0.2) is 20.0 Å². The zero-order valence-corrected chi connectivity index (χ0v) is 54.8. The second-order valence-electron chi connectivity index (χ2n) is 18.5. The summed E-state index contributed by atoms with van der Waals surface area (Å²) in [4.78, 5) is 35.3. The number of nitrogens with one attached hydrogen (secondary N) is 1. The minimum Gasteiger partial charge on any atom is -0.741 e. The SMILES string of the molecule is CC1N(C)N=C([S-])N1C.CC1N(C)N=C([S-])N1c1ccccc1.CCN1C([S-])=NN(C)C1N.CN1CN(C2CCCS2)C([S-])=N1.CN1N=C([S-])N(C)C1OC=O.Cc1nc([S-])nn1C.S=c1nc(-c2ccccc2)[nH]c(-c2ccccc2)n1. The van der Waals surface area contributed by atoms with E-state index in [1.165, 1.54) is 23.6 Å². The van der Waals surface area contributed by atoms with Gasteiger partial charge in [-0.2, -0.15) is 30.6 Å². The molecule has 0 radical (unpaired) electrons. The Morgan fingerprint density at radius 3 is 1.53 bits per heavy atom. The predicted octanol–water partition coefficient (Wildman–Crippen LogP) is 4.84. The van der Waals surface area contributed by atoms with Crippen molar-refractivity contribution in [2.24, 2.45) is 38.3 Å². The number of rotatable bonds is 7. The molecule has 32 heteroatoms. The smallest absolute Gasteiger partial charge is 0.296 e. The average molecular weight is 1280 g/mol. The number of H-pyrrole nitrogens is 1. The Labute approximate surface area is 529 Å². The van der Waals surface area contributed by atoms with Crippen LogP contribution in [0, 0.1) is 11.7 Å². The number of hydrogen-bond acceptors (Lipinski definition) is 30. The van der Waals surface area contributed by atoms with Crippen LogP contribution < -0.4 is 10.6 Å². The standard InChI is InChI=1S/C15H11N3S.C10H13N3S.C7H13N3S2.C5H12N4S.C5H9N3O2S.C5H11N3S.C4H7N3S/c19-15-17-13(11-7-3-1-4-8-11)16-14(18-15)12-9-5-2-6-10-12;1-8-12(2)11-10(14)13(8)9-6-4-3-5-7-9;1-9-5-10(7(11)8-9)6-3-2-4-12-6;1-3-9-4(6)8(2)7-5(9)10;1-7-4(11)6-8(2)5(7)10-3-9;1-4-7(2)5(9)6-8(4)3;1-3-5-4(8)6-7(3)2/h1-10H,(H,16,17,18,19);3-8H,1-2H3,(H,11,14);6H,2-5H2,1H3,(H,8,11);4H,3,6H2,1-2H3,(H,7,10);3,5H,1-2H3,(H,6,11);4H,1-3H3,(H,6,9);1-2H3,(H,6,8)/p-6. The van der Waals surface area contributed by atoms with E-state index in [9.17, 15) is 4.79 Å². The number of ether oxygens (including phenoxy) is 1. The van der Waals surface area contributed by atoms with Crippen LogP contribution in [0.4, 0.5) is 5.69 Å². The zero-order chi connectivity index (χ0) is 61.1. The lowest BCUT2D eigenvalue weighted by atomic mass is 10.2. The van der Waals surface area contributed by atoms with E-state index in [0.717, 1.165) is 52.7 Å². The fourth-order valence-corrected chi connectivity index (χ4v) is 11.1. The van der Waals surface area contributed by atoms with Gasteiger partial charge in [-0.1, -0.05) is 78.9 Å². The molecule has 1 saturated heterocycles. The van der Waals surface area contributed by atoms with Crippen molar-refractivity contribution in [3.05, 3.63) is 102 Å². The van der Waals surface area contributed by atoms with Gasteiger partial charge in [0.2, 0.25) is 4.77 Å². The van der Waals surface area contributed by atoms with Crippen LogP contribution in [0.5, 0.6) is 0 Å². The van der Waals surface area contributed by atoms with Gasteiger partial charge in [0.15, 0.2) is 6.29 Å². The number of amidine groups is 5. The molecule has 8 heterocycles. The first-order valence-electron chi connectivity index (χ1n) is 25.8. The van der Waals surface area contributed by atoms with Crippen LogP contribution in [-0.2, 0) is 92.4 Å². The molecule has 6 aliphatic rings. The fraction of sp³-hybridized carbons (Fsp3) is 0.431. The quantitative estimate of drug-likeness (QED) is 0.127. The van der Waals surface area contributed by atoms with E-state index in [-0.39, 0.29) is 12.5 Å². The first-order chi connectivity index (χ1) is 39.4. The Hall–Kier alpha value is -6.52. The highest BCUT2D eigenvalue weighted by Gasteiger charge is 2.27. The van der Waals surface area contributed by atoms with E-state index in [1.807, 2.05) is 189 Å². The summed E-state index contributed by atoms with van der Waals surface area (Å²) < 4.78 is 6.69. The summed E-state index contributed by atoms with van der Waals surface area (Å²) in [6, 6.07) is 29.8. The van der Waals surface area contributed by atoms with Gasteiger partial charge in [0.1, 0.15) is 36.5 Å². The Kier molecular flexibility index (Phi) is 26.4. The molecule has 24 nitrogen and oxygen atoms in total.